The molecule has 0 aliphatic rings. The van der Waals surface area contributed by atoms with Gasteiger partial charge in [-0.3, -0.25) is 0 Å². The molecule has 0 saturated carbocycles. The van der Waals surface area contributed by atoms with Gasteiger partial charge in [-0.15, -0.1) is 0 Å². The molecule has 0 atom stereocenters. The minimum atomic E-state index is -1.32. The molecule has 0 aromatic carbocycles. The Morgan fingerprint density at radius 1 is 0.733 bits per heavy atom. The second kappa shape index (κ2) is 9.37. The van der Waals surface area contributed by atoms with E-state index < -0.39 is 8.40 Å². The van der Waals surface area contributed by atoms with Gasteiger partial charge in [0.15, 0.2) is 0 Å². The van der Waals surface area contributed by atoms with E-state index in [1.54, 1.807) is 0 Å². The summed E-state index contributed by atoms with van der Waals surface area (Å²) in [5, 5.41) is 0. The average molecular weight is 230 g/mol. The summed E-state index contributed by atoms with van der Waals surface area (Å²) in [7, 11) is -1.32. The highest BCUT2D eigenvalue weighted by molar-refractivity contribution is 6.74. The molecular formula is C12H30N2Si. The predicted octanol–water partition coefficient (Wildman–Crippen LogP) is 3.25. The lowest BCUT2D eigenvalue weighted by Gasteiger charge is -2.31. The largest absolute Gasteiger partial charge is 0.325 e. The van der Waals surface area contributed by atoms with E-state index in [-0.39, 0.29) is 0 Å². The summed E-state index contributed by atoms with van der Waals surface area (Å²) in [6.07, 6.45) is 5.20. The van der Waals surface area contributed by atoms with Gasteiger partial charge in [0, 0.05) is 0 Å². The Kier molecular flexibility index (Phi) is 9.45. The third-order valence-electron chi connectivity index (χ3n) is 3.19. The first kappa shape index (κ1) is 15.1. The molecule has 0 radical (unpaired) electrons. The van der Waals surface area contributed by atoms with Crippen LogP contribution in [0.3, 0.4) is 0 Å². The summed E-state index contributed by atoms with van der Waals surface area (Å²) in [6.45, 7) is 11.6. The highest BCUT2D eigenvalue weighted by atomic mass is 28.3. The molecule has 0 aliphatic carbocycles. The van der Waals surface area contributed by atoms with Gasteiger partial charge in [0.2, 0.25) is 8.40 Å². The van der Waals surface area contributed by atoms with Crippen LogP contribution in [-0.2, 0) is 0 Å². The van der Waals surface area contributed by atoms with Crippen molar-refractivity contribution in [3.8, 4) is 0 Å². The van der Waals surface area contributed by atoms with Crippen LogP contribution in [-0.4, -0.2) is 21.5 Å². The maximum atomic E-state index is 3.82. The second-order valence-corrected chi connectivity index (χ2v) is 8.64. The van der Waals surface area contributed by atoms with Crippen LogP contribution < -0.4 is 9.96 Å². The summed E-state index contributed by atoms with van der Waals surface area (Å²) >= 11 is 0. The maximum Gasteiger partial charge on any atom is 0.200 e. The van der Waals surface area contributed by atoms with Gasteiger partial charge in [0.1, 0.15) is 0 Å². The molecular weight excluding hydrogens is 200 g/mol. The monoisotopic (exact) mass is 230 g/mol. The van der Waals surface area contributed by atoms with Crippen molar-refractivity contribution in [3.05, 3.63) is 0 Å². The van der Waals surface area contributed by atoms with Crippen molar-refractivity contribution in [1.82, 2.24) is 9.96 Å². The Bertz CT molecular complexity index is 124. The van der Waals surface area contributed by atoms with Crippen molar-refractivity contribution < 1.29 is 0 Å². The molecule has 2 nitrogen and oxygen atoms in total. The van der Waals surface area contributed by atoms with E-state index in [0.29, 0.717) is 0 Å². The molecule has 0 rings (SSSR count). The lowest BCUT2D eigenvalue weighted by Crippen LogP contribution is -2.61. The molecule has 0 amide bonds. The number of hydrogen-bond donors (Lipinski definition) is 2. The molecule has 0 aromatic heterocycles. The molecule has 0 unspecified atom stereocenters. The van der Waals surface area contributed by atoms with Crippen molar-refractivity contribution in [2.75, 3.05) is 13.1 Å². The van der Waals surface area contributed by atoms with Gasteiger partial charge in [-0.05, 0) is 38.0 Å². The Hall–Kier alpha value is 0.137. The molecule has 0 fully saturated rings. The van der Waals surface area contributed by atoms with Crippen LogP contribution in [0.4, 0.5) is 0 Å². The first-order valence-electron chi connectivity index (χ1n) is 6.74. The first-order valence-corrected chi connectivity index (χ1v) is 9.16. The summed E-state index contributed by atoms with van der Waals surface area (Å²) in [4.78, 5) is 7.64. The summed E-state index contributed by atoms with van der Waals surface area (Å²) in [5.41, 5.74) is 0. The van der Waals surface area contributed by atoms with Crippen LogP contribution in [0.2, 0.25) is 12.1 Å². The number of nitrogens with one attached hydrogen (secondary N) is 2. The van der Waals surface area contributed by atoms with Crippen molar-refractivity contribution in [2.24, 2.45) is 0 Å². The van der Waals surface area contributed by atoms with Crippen molar-refractivity contribution in [1.29, 1.82) is 0 Å². The Balaban J connectivity index is 3.93. The fraction of sp³-hybridized carbons (Fsp3) is 1.00. The van der Waals surface area contributed by atoms with Crippen LogP contribution in [0.15, 0.2) is 0 Å². The third-order valence-corrected chi connectivity index (χ3v) is 7.46. The van der Waals surface area contributed by atoms with Crippen molar-refractivity contribution in [2.45, 2.75) is 65.5 Å². The highest BCUT2D eigenvalue weighted by Gasteiger charge is 2.27. The number of rotatable bonds is 10. The molecule has 0 aromatic rings. The molecule has 0 aliphatic heterocycles. The maximum absolute atomic E-state index is 3.82. The van der Waals surface area contributed by atoms with Gasteiger partial charge < -0.3 is 9.96 Å². The second-order valence-electron chi connectivity index (χ2n) is 4.35. The lowest BCUT2D eigenvalue weighted by molar-refractivity contribution is 0.696. The molecule has 0 heterocycles. The quantitative estimate of drug-likeness (QED) is 0.445. The number of hydrogen-bond acceptors (Lipinski definition) is 2. The normalized spacial score (nSPS) is 12.0. The lowest BCUT2D eigenvalue weighted by atomic mass is 10.3. The fourth-order valence-electron chi connectivity index (χ4n) is 1.82. The van der Waals surface area contributed by atoms with Crippen LogP contribution in [0.1, 0.15) is 53.4 Å². The van der Waals surface area contributed by atoms with E-state index in [4.69, 9.17) is 0 Å². The topological polar surface area (TPSA) is 24.1 Å². The average Bonchev–Trinajstić information content (AvgIpc) is 2.28. The zero-order valence-electron chi connectivity index (χ0n) is 11.2. The first-order chi connectivity index (χ1) is 7.24. The van der Waals surface area contributed by atoms with E-state index in [9.17, 15) is 0 Å². The molecule has 2 N–H and O–H groups in total. The van der Waals surface area contributed by atoms with Crippen LogP contribution in [0.25, 0.3) is 0 Å². The standard InChI is InChI=1S/C12H30N2Si/c1-5-9-11-13-15(7-3,8-4)14-12-10-6-2/h13-14H,5-12H2,1-4H3. The molecule has 0 spiro atoms. The molecule has 0 bridgehead atoms. The van der Waals surface area contributed by atoms with E-state index >= 15 is 0 Å². The zero-order chi connectivity index (χ0) is 11.6. The Morgan fingerprint density at radius 3 is 1.40 bits per heavy atom. The molecule has 92 valence electrons. The van der Waals surface area contributed by atoms with Gasteiger partial charge in [-0.1, -0.05) is 40.5 Å². The summed E-state index contributed by atoms with van der Waals surface area (Å²) in [5.74, 6) is 0. The minimum Gasteiger partial charge on any atom is -0.325 e. The van der Waals surface area contributed by atoms with E-state index in [2.05, 4.69) is 37.7 Å². The van der Waals surface area contributed by atoms with E-state index in [1.807, 2.05) is 0 Å². The van der Waals surface area contributed by atoms with E-state index in [0.717, 1.165) is 0 Å². The van der Waals surface area contributed by atoms with Crippen LogP contribution >= 0.6 is 0 Å². The fourth-order valence-corrected chi connectivity index (χ4v) is 4.76. The molecule has 15 heavy (non-hydrogen) atoms. The molecule has 0 saturated heterocycles. The van der Waals surface area contributed by atoms with Gasteiger partial charge in [0.05, 0.1) is 0 Å². The number of unbranched alkanes of at least 4 members (excludes halogenated alkanes) is 2. The molecule has 3 heteroatoms. The predicted molar refractivity (Wildman–Crippen MR) is 72.5 cm³/mol. The van der Waals surface area contributed by atoms with Gasteiger partial charge in [-0.2, -0.15) is 0 Å². The minimum absolute atomic E-state index is 1.20. The van der Waals surface area contributed by atoms with Crippen LogP contribution in [0.5, 0.6) is 0 Å². The zero-order valence-corrected chi connectivity index (χ0v) is 12.2. The van der Waals surface area contributed by atoms with E-state index in [1.165, 1.54) is 50.9 Å². The van der Waals surface area contributed by atoms with Gasteiger partial charge >= 0.3 is 0 Å². The Labute approximate surface area is 97.4 Å². The van der Waals surface area contributed by atoms with Crippen molar-refractivity contribution in [3.63, 3.8) is 0 Å². The summed E-state index contributed by atoms with van der Waals surface area (Å²) < 4.78 is 0. The third kappa shape index (κ3) is 6.33. The van der Waals surface area contributed by atoms with Crippen molar-refractivity contribution >= 4 is 8.40 Å². The van der Waals surface area contributed by atoms with Crippen LogP contribution in [0, 0.1) is 0 Å². The summed E-state index contributed by atoms with van der Waals surface area (Å²) in [6, 6.07) is 2.61. The Morgan fingerprint density at radius 2 is 1.13 bits per heavy atom. The van der Waals surface area contributed by atoms with Gasteiger partial charge in [0.25, 0.3) is 0 Å². The van der Waals surface area contributed by atoms with Gasteiger partial charge in [-0.25, -0.2) is 0 Å². The smallest absolute Gasteiger partial charge is 0.200 e. The highest BCUT2D eigenvalue weighted by Crippen LogP contribution is 2.08. The SMILES string of the molecule is CCCCN[Si](CC)(CC)NCCCC.